The van der Waals surface area contributed by atoms with Crippen molar-refractivity contribution < 1.29 is 18.7 Å². The van der Waals surface area contributed by atoms with Crippen molar-refractivity contribution in [2.45, 2.75) is 32.5 Å². The highest BCUT2D eigenvalue weighted by molar-refractivity contribution is 5.97. The van der Waals surface area contributed by atoms with Crippen LogP contribution in [0.2, 0.25) is 0 Å². The molecule has 1 aliphatic heterocycles. The molecule has 0 bridgehead atoms. The Balaban J connectivity index is 1.36. The molecule has 2 amide bonds. The first kappa shape index (κ1) is 26.3. The number of benzene rings is 3. The van der Waals surface area contributed by atoms with E-state index >= 15 is 0 Å². The highest BCUT2D eigenvalue weighted by Gasteiger charge is 2.30. The molecule has 39 heavy (non-hydrogen) atoms. The second-order valence-electron chi connectivity index (χ2n) is 9.41. The molecule has 9 nitrogen and oxygen atoms in total. The van der Waals surface area contributed by atoms with Gasteiger partial charge in [0.2, 0.25) is 11.8 Å². The Morgan fingerprint density at radius 1 is 1.03 bits per heavy atom. The largest absolute Gasteiger partial charge is 0.378 e. The van der Waals surface area contributed by atoms with Crippen molar-refractivity contribution in [3.05, 3.63) is 84.2 Å². The van der Waals surface area contributed by atoms with Crippen LogP contribution in [0.1, 0.15) is 18.9 Å². The molecule has 0 unspecified atom stereocenters. The van der Waals surface area contributed by atoms with Gasteiger partial charge in [0, 0.05) is 36.6 Å². The molecule has 202 valence electrons. The van der Waals surface area contributed by atoms with Crippen molar-refractivity contribution in [1.82, 2.24) is 19.9 Å². The summed E-state index contributed by atoms with van der Waals surface area (Å²) in [6.45, 7) is 4.65. The molecule has 0 saturated carbocycles. The monoisotopic (exact) mass is 530 g/mol. The van der Waals surface area contributed by atoms with E-state index in [1.807, 2.05) is 55.5 Å². The minimum atomic E-state index is -0.828. The number of nitrogens with zero attached hydrogens (tertiary/aromatic N) is 5. The van der Waals surface area contributed by atoms with Crippen LogP contribution in [0.3, 0.4) is 0 Å². The van der Waals surface area contributed by atoms with Gasteiger partial charge < -0.3 is 19.9 Å². The van der Waals surface area contributed by atoms with Crippen LogP contribution in [0.5, 0.6) is 0 Å². The molecule has 0 aliphatic carbocycles. The van der Waals surface area contributed by atoms with Crippen molar-refractivity contribution in [3.63, 3.8) is 0 Å². The van der Waals surface area contributed by atoms with Gasteiger partial charge in [-0.3, -0.25) is 9.59 Å². The number of carbonyl (C=O) groups excluding carboxylic acids is 2. The number of para-hydroxylation sites is 1. The third kappa shape index (κ3) is 6.06. The number of ether oxygens (including phenoxy) is 1. The zero-order chi connectivity index (χ0) is 27.2. The van der Waals surface area contributed by atoms with Crippen LogP contribution in [-0.4, -0.2) is 64.1 Å². The number of hydrogen-bond donors (Lipinski definition) is 1. The fourth-order valence-electron chi connectivity index (χ4n) is 4.79. The van der Waals surface area contributed by atoms with Crippen molar-refractivity contribution in [2.75, 3.05) is 36.5 Å². The number of rotatable bonds is 9. The highest BCUT2D eigenvalue weighted by atomic mass is 19.1. The molecule has 1 fully saturated rings. The average molecular weight is 531 g/mol. The number of aromatic nitrogens is 3. The van der Waals surface area contributed by atoms with E-state index in [2.05, 4.69) is 20.5 Å². The quantitative estimate of drug-likeness (QED) is 0.353. The third-order valence-electron chi connectivity index (χ3n) is 6.90. The molecule has 3 aromatic carbocycles. The van der Waals surface area contributed by atoms with E-state index in [1.165, 1.54) is 15.6 Å². The molecule has 5 rings (SSSR count). The Labute approximate surface area is 226 Å². The lowest BCUT2D eigenvalue weighted by Crippen LogP contribution is -2.48. The van der Waals surface area contributed by atoms with Crippen molar-refractivity contribution in [1.29, 1.82) is 0 Å². The summed E-state index contributed by atoms with van der Waals surface area (Å²) in [5.41, 5.74) is 3.37. The Morgan fingerprint density at radius 3 is 2.49 bits per heavy atom. The summed E-state index contributed by atoms with van der Waals surface area (Å²) in [6, 6.07) is 20.4. The van der Waals surface area contributed by atoms with Crippen LogP contribution < -0.4 is 10.2 Å². The number of fused-ring (bicyclic) bond motifs is 1. The molecule has 10 heteroatoms. The van der Waals surface area contributed by atoms with Gasteiger partial charge in [0.15, 0.2) is 0 Å². The summed E-state index contributed by atoms with van der Waals surface area (Å²) in [7, 11) is 0. The smallest absolute Gasteiger partial charge is 0.247 e. The zero-order valence-electron chi connectivity index (χ0n) is 21.8. The standard InChI is InChI=1S/C29H31FN6O3/c1-2-26(29(38)31-22-11-13-23(14-12-22)34-15-17-39-18-16-34)35(19-21-7-3-4-8-24(21)30)28(37)20-36-27-10-6-5-9-25(27)32-33-36/h3-14,26H,2,15-20H2,1H3,(H,31,38)/t26-/m1/s1. The van der Waals surface area contributed by atoms with Crippen LogP contribution in [-0.2, 0) is 27.4 Å². The molecule has 1 saturated heterocycles. The van der Waals surface area contributed by atoms with Gasteiger partial charge in [0.05, 0.1) is 18.7 Å². The highest BCUT2D eigenvalue weighted by Crippen LogP contribution is 2.21. The van der Waals surface area contributed by atoms with Gasteiger partial charge in [0.1, 0.15) is 23.9 Å². The molecule has 1 N–H and O–H groups in total. The van der Waals surface area contributed by atoms with Gasteiger partial charge in [-0.1, -0.05) is 42.5 Å². The van der Waals surface area contributed by atoms with E-state index in [0.29, 0.717) is 41.9 Å². The molecule has 1 aromatic heterocycles. The molecule has 0 spiro atoms. The Morgan fingerprint density at radius 2 is 1.74 bits per heavy atom. The van der Waals surface area contributed by atoms with Crippen molar-refractivity contribution in [3.8, 4) is 0 Å². The normalized spacial score (nSPS) is 14.3. The number of amides is 2. The Hall–Kier alpha value is -4.31. The summed E-state index contributed by atoms with van der Waals surface area (Å²) in [5, 5.41) is 11.2. The van der Waals surface area contributed by atoms with E-state index in [1.54, 1.807) is 18.2 Å². The number of hydrogen-bond acceptors (Lipinski definition) is 6. The number of halogens is 1. The first-order chi connectivity index (χ1) is 19.0. The van der Waals surface area contributed by atoms with Gasteiger partial charge in [0.25, 0.3) is 0 Å². The number of nitrogens with one attached hydrogen (secondary N) is 1. The molecular formula is C29H31FN6O3. The van der Waals surface area contributed by atoms with Crippen LogP contribution in [0, 0.1) is 5.82 Å². The maximum absolute atomic E-state index is 14.6. The summed E-state index contributed by atoms with van der Waals surface area (Å²) < 4.78 is 21.5. The fraction of sp³-hybridized carbons (Fsp3) is 0.310. The van der Waals surface area contributed by atoms with Gasteiger partial charge in [-0.25, -0.2) is 9.07 Å². The van der Waals surface area contributed by atoms with Crippen LogP contribution >= 0.6 is 0 Å². The fourth-order valence-corrected chi connectivity index (χ4v) is 4.79. The van der Waals surface area contributed by atoms with Gasteiger partial charge in [-0.15, -0.1) is 5.10 Å². The Kier molecular flexibility index (Phi) is 8.12. The zero-order valence-corrected chi connectivity index (χ0v) is 21.8. The van der Waals surface area contributed by atoms with Crippen molar-refractivity contribution in [2.24, 2.45) is 0 Å². The molecule has 2 heterocycles. The SMILES string of the molecule is CC[C@H](C(=O)Nc1ccc(N2CCOCC2)cc1)N(Cc1ccccc1F)C(=O)Cn1nnc2ccccc21. The minimum absolute atomic E-state index is 0.0555. The molecular weight excluding hydrogens is 499 g/mol. The van der Waals surface area contributed by atoms with Crippen LogP contribution in [0.15, 0.2) is 72.8 Å². The second-order valence-corrected chi connectivity index (χ2v) is 9.41. The molecule has 1 aliphatic rings. The van der Waals surface area contributed by atoms with Crippen molar-refractivity contribution >= 4 is 34.2 Å². The summed E-state index contributed by atoms with van der Waals surface area (Å²) in [6.07, 6.45) is 0.343. The predicted octanol–water partition coefficient (Wildman–Crippen LogP) is 3.85. The lowest BCUT2D eigenvalue weighted by molar-refractivity contribution is -0.140. The Bertz CT molecular complexity index is 1430. The molecule has 0 radical (unpaired) electrons. The van der Waals surface area contributed by atoms with Gasteiger partial charge in [-0.2, -0.15) is 0 Å². The first-order valence-corrected chi connectivity index (χ1v) is 13.1. The maximum atomic E-state index is 14.6. The lowest BCUT2D eigenvalue weighted by Gasteiger charge is -2.31. The second kappa shape index (κ2) is 12.0. The molecule has 4 aromatic rings. The van der Waals surface area contributed by atoms with E-state index in [9.17, 15) is 14.0 Å². The topological polar surface area (TPSA) is 92.6 Å². The first-order valence-electron chi connectivity index (χ1n) is 13.1. The van der Waals surface area contributed by atoms with E-state index in [4.69, 9.17) is 4.74 Å². The van der Waals surface area contributed by atoms with E-state index in [-0.39, 0.29) is 24.9 Å². The summed E-state index contributed by atoms with van der Waals surface area (Å²) >= 11 is 0. The number of carbonyl (C=O) groups is 2. The maximum Gasteiger partial charge on any atom is 0.247 e. The minimum Gasteiger partial charge on any atom is -0.378 e. The summed E-state index contributed by atoms with van der Waals surface area (Å²) in [5.74, 6) is -1.14. The van der Waals surface area contributed by atoms with E-state index in [0.717, 1.165) is 18.8 Å². The predicted molar refractivity (Wildman–Crippen MR) is 147 cm³/mol. The lowest BCUT2D eigenvalue weighted by atomic mass is 10.1. The van der Waals surface area contributed by atoms with E-state index < -0.39 is 11.9 Å². The van der Waals surface area contributed by atoms with Crippen LogP contribution in [0.25, 0.3) is 11.0 Å². The average Bonchev–Trinajstić information content (AvgIpc) is 3.37. The third-order valence-corrected chi connectivity index (χ3v) is 6.90. The van der Waals surface area contributed by atoms with Crippen LogP contribution in [0.4, 0.5) is 15.8 Å². The number of morpholine rings is 1. The van der Waals surface area contributed by atoms with Gasteiger partial charge >= 0.3 is 0 Å². The van der Waals surface area contributed by atoms with Gasteiger partial charge in [-0.05, 0) is 48.9 Å². The number of anilines is 2. The molecule has 1 atom stereocenters. The summed E-state index contributed by atoms with van der Waals surface area (Å²) in [4.78, 5) is 30.8.